The molecule has 2 aromatic heterocycles. The highest BCUT2D eigenvalue weighted by molar-refractivity contribution is 7.11. The molecule has 6 heteroatoms. The SMILES string of the molecule is Cc1nnc(Cn2cc(CCl)cn2)s1. The number of alkyl halides is 1. The van der Waals surface area contributed by atoms with E-state index in [-0.39, 0.29) is 0 Å². The summed E-state index contributed by atoms with van der Waals surface area (Å²) >= 11 is 7.25. The molecule has 0 atom stereocenters. The fraction of sp³-hybridized carbons (Fsp3) is 0.375. The summed E-state index contributed by atoms with van der Waals surface area (Å²) in [5, 5.41) is 14.1. The Morgan fingerprint density at radius 1 is 1.50 bits per heavy atom. The van der Waals surface area contributed by atoms with E-state index in [0.29, 0.717) is 12.4 Å². The van der Waals surface area contributed by atoms with Gasteiger partial charge in [0.1, 0.15) is 10.0 Å². The van der Waals surface area contributed by atoms with E-state index in [9.17, 15) is 0 Å². The van der Waals surface area contributed by atoms with Gasteiger partial charge >= 0.3 is 0 Å². The van der Waals surface area contributed by atoms with Crippen LogP contribution in [0.5, 0.6) is 0 Å². The molecule has 2 heterocycles. The van der Waals surface area contributed by atoms with Crippen molar-refractivity contribution >= 4 is 22.9 Å². The van der Waals surface area contributed by atoms with Crippen LogP contribution < -0.4 is 0 Å². The Morgan fingerprint density at radius 3 is 2.93 bits per heavy atom. The zero-order valence-corrected chi connectivity index (χ0v) is 9.22. The second-order valence-corrected chi connectivity index (χ2v) is 4.43. The van der Waals surface area contributed by atoms with Gasteiger partial charge in [-0.3, -0.25) is 4.68 Å². The zero-order chi connectivity index (χ0) is 9.97. The first-order valence-corrected chi connectivity index (χ1v) is 5.49. The Labute approximate surface area is 90.5 Å². The molecule has 4 nitrogen and oxygen atoms in total. The van der Waals surface area contributed by atoms with Crippen molar-refractivity contribution in [2.24, 2.45) is 0 Å². The quantitative estimate of drug-likeness (QED) is 0.753. The summed E-state index contributed by atoms with van der Waals surface area (Å²) in [7, 11) is 0. The summed E-state index contributed by atoms with van der Waals surface area (Å²) in [5.74, 6) is 0.495. The molecule has 74 valence electrons. The molecule has 0 unspecified atom stereocenters. The van der Waals surface area contributed by atoms with E-state index in [2.05, 4.69) is 15.3 Å². The highest BCUT2D eigenvalue weighted by Crippen LogP contribution is 2.10. The molecule has 0 aliphatic rings. The Kier molecular flexibility index (Phi) is 2.79. The average molecular weight is 229 g/mol. The van der Waals surface area contributed by atoms with Crippen LogP contribution in [0.25, 0.3) is 0 Å². The van der Waals surface area contributed by atoms with Crippen molar-refractivity contribution in [1.29, 1.82) is 0 Å². The first-order chi connectivity index (χ1) is 6.78. The fourth-order valence-corrected chi connectivity index (χ4v) is 1.94. The molecule has 0 bridgehead atoms. The number of hydrogen-bond acceptors (Lipinski definition) is 4. The minimum Gasteiger partial charge on any atom is -0.265 e. The number of halogens is 1. The van der Waals surface area contributed by atoms with Gasteiger partial charge in [-0.1, -0.05) is 11.3 Å². The topological polar surface area (TPSA) is 43.6 Å². The van der Waals surface area contributed by atoms with Gasteiger partial charge in [0, 0.05) is 11.8 Å². The molecule has 0 saturated carbocycles. The van der Waals surface area contributed by atoms with E-state index in [1.807, 2.05) is 17.8 Å². The maximum absolute atomic E-state index is 5.67. The van der Waals surface area contributed by atoms with E-state index in [1.165, 1.54) is 0 Å². The maximum Gasteiger partial charge on any atom is 0.139 e. The molecular weight excluding hydrogens is 220 g/mol. The number of aromatic nitrogens is 4. The second kappa shape index (κ2) is 4.06. The van der Waals surface area contributed by atoms with Gasteiger partial charge < -0.3 is 0 Å². The monoisotopic (exact) mass is 228 g/mol. The molecule has 0 N–H and O–H groups in total. The van der Waals surface area contributed by atoms with Crippen LogP contribution in [0.15, 0.2) is 12.4 Å². The average Bonchev–Trinajstić information content (AvgIpc) is 2.76. The van der Waals surface area contributed by atoms with Crippen molar-refractivity contribution in [3.8, 4) is 0 Å². The van der Waals surface area contributed by atoms with Crippen molar-refractivity contribution in [3.05, 3.63) is 28.0 Å². The molecule has 2 aromatic rings. The number of aryl methyl sites for hydroxylation is 1. The molecular formula is C8H9ClN4S. The fourth-order valence-electron chi connectivity index (χ4n) is 1.10. The smallest absolute Gasteiger partial charge is 0.139 e. The lowest BCUT2D eigenvalue weighted by atomic mass is 10.4. The van der Waals surface area contributed by atoms with Crippen LogP contribution in [-0.2, 0) is 12.4 Å². The third-order valence-electron chi connectivity index (χ3n) is 1.71. The summed E-state index contributed by atoms with van der Waals surface area (Å²) < 4.78 is 1.82. The Hall–Kier alpha value is -0.940. The molecule has 2 rings (SSSR count). The minimum atomic E-state index is 0.495. The van der Waals surface area contributed by atoms with Crippen molar-refractivity contribution < 1.29 is 0 Å². The lowest BCUT2D eigenvalue weighted by Gasteiger charge is -1.94. The predicted octanol–water partition coefficient (Wildman–Crippen LogP) is 1.83. The number of hydrogen-bond donors (Lipinski definition) is 0. The van der Waals surface area contributed by atoms with Crippen LogP contribution in [0, 0.1) is 6.92 Å². The molecule has 0 fully saturated rings. The van der Waals surface area contributed by atoms with E-state index >= 15 is 0 Å². The normalized spacial score (nSPS) is 10.7. The molecule has 0 aromatic carbocycles. The molecule has 0 aliphatic heterocycles. The molecule has 0 amide bonds. The Bertz CT molecular complexity index is 422. The van der Waals surface area contributed by atoms with Gasteiger partial charge in [0.2, 0.25) is 0 Å². The Balaban J connectivity index is 2.10. The van der Waals surface area contributed by atoms with Crippen LogP contribution >= 0.6 is 22.9 Å². The van der Waals surface area contributed by atoms with Gasteiger partial charge in [-0.2, -0.15) is 5.10 Å². The van der Waals surface area contributed by atoms with Gasteiger partial charge in [-0.05, 0) is 6.92 Å². The minimum absolute atomic E-state index is 0.495. The van der Waals surface area contributed by atoms with Crippen LogP contribution in [0.2, 0.25) is 0 Å². The van der Waals surface area contributed by atoms with Crippen molar-refractivity contribution in [3.63, 3.8) is 0 Å². The van der Waals surface area contributed by atoms with Crippen molar-refractivity contribution in [1.82, 2.24) is 20.0 Å². The number of nitrogens with zero attached hydrogens (tertiary/aromatic N) is 4. The van der Waals surface area contributed by atoms with Crippen LogP contribution in [0.3, 0.4) is 0 Å². The van der Waals surface area contributed by atoms with Gasteiger partial charge in [0.25, 0.3) is 0 Å². The largest absolute Gasteiger partial charge is 0.265 e. The van der Waals surface area contributed by atoms with Crippen LogP contribution in [0.4, 0.5) is 0 Å². The van der Waals surface area contributed by atoms with E-state index in [0.717, 1.165) is 15.6 Å². The van der Waals surface area contributed by atoms with Gasteiger partial charge in [-0.15, -0.1) is 21.8 Å². The second-order valence-electron chi connectivity index (χ2n) is 2.89. The Morgan fingerprint density at radius 2 is 2.36 bits per heavy atom. The van der Waals surface area contributed by atoms with Crippen LogP contribution in [0.1, 0.15) is 15.6 Å². The lowest BCUT2D eigenvalue weighted by molar-refractivity contribution is 0.676. The first-order valence-electron chi connectivity index (χ1n) is 4.14. The number of rotatable bonds is 3. The summed E-state index contributed by atoms with van der Waals surface area (Å²) in [6, 6.07) is 0. The molecule has 0 radical (unpaired) electrons. The van der Waals surface area contributed by atoms with Crippen LogP contribution in [-0.4, -0.2) is 20.0 Å². The van der Waals surface area contributed by atoms with Gasteiger partial charge in [-0.25, -0.2) is 0 Å². The summed E-state index contributed by atoms with van der Waals surface area (Å²) in [5.41, 5.74) is 1.02. The van der Waals surface area contributed by atoms with Gasteiger partial charge in [0.05, 0.1) is 18.6 Å². The standard InChI is InChI=1S/C8H9ClN4S/c1-6-11-12-8(14-6)5-13-4-7(2-9)3-10-13/h3-4H,2,5H2,1H3. The zero-order valence-electron chi connectivity index (χ0n) is 7.64. The highest BCUT2D eigenvalue weighted by atomic mass is 35.5. The maximum atomic E-state index is 5.67. The lowest BCUT2D eigenvalue weighted by Crippen LogP contribution is -1.99. The van der Waals surface area contributed by atoms with E-state index < -0.39 is 0 Å². The molecule has 0 aliphatic carbocycles. The summed E-state index contributed by atoms with van der Waals surface area (Å²) in [6.45, 7) is 2.61. The molecule has 14 heavy (non-hydrogen) atoms. The third-order valence-corrected chi connectivity index (χ3v) is 2.84. The summed E-state index contributed by atoms with van der Waals surface area (Å²) in [4.78, 5) is 0. The summed E-state index contributed by atoms with van der Waals surface area (Å²) in [6.07, 6.45) is 3.69. The van der Waals surface area contributed by atoms with Crippen molar-refractivity contribution in [2.45, 2.75) is 19.3 Å². The molecule has 0 saturated heterocycles. The first kappa shape index (κ1) is 9.61. The molecule has 0 spiro atoms. The van der Waals surface area contributed by atoms with E-state index in [1.54, 1.807) is 17.5 Å². The highest BCUT2D eigenvalue weighted by Gasteiger charge is 2.02. The predicted molar refractivity (Wildman–Crippen MR) is 55.5 cm³/mol. The van der Waals surface area contributed by atoms with E-state index in [4.69, 9.17) is 11.6 Å². The van der Waals surface area contributed by atoms with Gasteiger partial charge in [0.15, 0.2) is 0 Å². The third kappa shape index (κ3) is 2.10. The van der Waals surface area contributed by atoms with Crippen molar-refractivity contribution in [2.75, 3.05) is 0 Å².